The Morgan fingerprint density at radius 2 is 2.33 bits per heavy atom. The Balaban J connectivity index is 2.78. The summed E-state index contributed by atoms with van der Waals surface area (Å²) in [6, 6.07) is 3.73. The first-order valence-corrected chi connectivity index (χ1v) is 3.57. The van der Waals surface area contributed by atoms with Crippen LogP contribution in [0.3, 0.4) is 0 Å². The van der Waals surface area contributed by atoms with E-state index in [1.54, 1.807) is 24.0 Å². The number of anilines is 1. The number of nitrogen functional groups attached to an aromatic ring is 1. The normalized spacial score (nSPS) is 10.4. The van der Waals surface area contributed by atoms with E-state index in [1.165, 1.54) is 0 Å². The standard InChI is InChI=1S/C8H9N3O/c1-12-7-3-2-6-4-10-5-11(6)8(7)9/h2-5H,9H2,1H3. The molecule has 0 radical (unpaired) electrons. The average Bonchev–Trinajstić information content (AvgIpc) is 2.53. The van der Waals surface area contributed by atoms with Gasteiger partial charge in [0.15, 0.2) is 11.6 Å². The Morgan fingerprint density at radius 1 is 1.50 bits per heavy atom. The van der Waals surface area contributed by atoms with Gasteiger partial charge < -0.3 is 10.5 Å². The molecule has 62 valence electrons. The van der Waals surface area contributed by atoms with E-state index in [2.05, 4.69) is 4.98 Å². The van der Waals surface area contributed by atoms with Gasteiger partial charge in [-0.1, -0.05) is 0 Å². The summed E-state index contributed by atoms with van der Waals surface area (Å²) in [4.78, 5) is 3.96. The zero-order valence-electron chi connectivity index (χ0n) is 6.69. The second kappa shape index (κ2) is 2.41. The lowest BCUT2D eigenvalue weighted by Crippen LogP contribution is -1.98. The maximum absolute atomic E-state index is 5.77. The molecule has 12 heavy (non-hydrogen) atoms. The van der Waals surface area contributed by atoms with E-state index >= 15 is 0 Å². The maximum Gasteiger partial charge on any atom is 0.159 e. The summed E-state index contributed by atoms with van der Waals surface area (Å²) in [5.74, 6) is 1.24. The quantitative estimate of drug-likeness (QED) is 0.680. The molecule has 0 aliphatic carbocycles. The van der Waals surface area contributed by atoms with Crippen LogP contribution in [0.2, 0.25) is 0 Å². The second-order valence-electron chi connectivity index (χ2n) is 2.48. The number of nitrogens with zero attached hydrogens (tertiary/aromatic N) is 2. The highest BCUT2D eigenvalue weighted by Crippen LogP contribution is 2.21. The first-order valence-electron chi connectivity index (χ1n) is 3.57. The largest absolute Gasteiger partial charge is 0.493 e. The van der Waals surface area contributed by atoms with Gasteiger partial charge in [0.2, 0.25) is 0 Å². The summed E-state index contributed by atoms with van der Waals surface area (Å²) in [6.45, 7) is 0. The molecular weight excluding hydrogens is 154 g/mol. The number of hydrogen-bond donors (Lipinski definition) is 1. The van der Waals surface area contributed by atoms with Gasteiger partial charge in [-0.2, -0.15) is 0 Å². The van der Waals surface area contributed by atoms with Crippen LogP contribution in [0.4, 0.5) is 5.82 Å². The minimum Gasteiger partial charge on any atom is -0.493 e. The van der Waals surface area contributed by atoms with Crippen molar-refractivity contribution in [1.29, 1.82) is 0 Å². The number of fused-ring (bicyclic) bond motifs is 1. The van der Waals surface area contributed by atoms with Gasteiger partial charge in [-0.05, 0) is 12.1 Å². The molecule has 2 heterocycles. The molecule has 0 saturated carbocycles. The Bertz CT molecular complexity index is 408. The van der Waals surface area contributed by atoms with Crippen molar-refractivity contribution >= 4 is 11.3 Å². The van der Waals surface area contributed by atoms with E-state index in [0.29, 0.717) is 11.6 Å². The number of nitrogens with two attached hydrogens (primary N) is 1. The molecule has 0 aromatic carbocycles. The van der Waals surface area contributed by atoms with Crippen molar-refractivity contribution in [3.8, 4) is 5.75 Å². The first kappa shape index (κ1) is 6.97. The van der Waals surface area contributed by atoms with Crippen molar-refractivity contribution in [2.24, 2.45) is 0 Å². The summed E-state index contributed by atoms with van der Waals surface area (Å²) in [7, 11) is 1.59. The maximum atomic E-state index is 5.77. The highest BCUT2D eigenvalue weighted by molar-refractivity contribution is 5.58. The van der Waals surface area contributed by atoms with Gasteiger partial charge in [0, 0.05) is 0 Å². The molecule has 2 aromatic rings. The molecule has 4 heteroatoms. The van der Waals surface area contributed by atoms with Crippen molar-refractivity contribution in [3.05, 3.63) is 24.7 Å². The number of aromatic nitrogens is 2. The van der Waals surface area contributed by atoms with Crippen LogP contribution >= 0.6 is 0 Å². The minimum absolute atomic E-state index is 0.576. The van der Waals surface area contributed by atoms with Gasteiger partial charge in [-0.3, -0.25) is 4.40 Å². The Morgan fingerprint density at radius 3 is 3.08 bits per heavy atom. The molecule has 4 nitrogen and oxygen atoms in total. The van der Waals surface area contributed by atoms with Gasteiger partial charge in [-0.25, -0.2) is 4.98 Å². The van der Waals surface area contributed by atoms with Crippen molar-refractivity contribution in [2.45, 2.75) is 0 Å². The molecule has 0 amide bonds. The van der Waals surface area contributed by atoms with Crippen LogP contribution in [0.15, 0.2) is 24.7 Å². The molecule has 0 bridgehead atoms. The monoisotopic (exact) mass is 163 g/mol. The third-order valence-corrected chi connectivity index (χ3v) is 1.80. The second-order valence-corrected chi connectivity index (χ2v) is 2.48. The lowest BCUT2D eigenvalue weighted by molar-refractivity contribution is 0.415. The number of ether oxygens (including phenoxy) is 1. The highest BCUT2D eigenvalue weighted by atomic mass is 16.5. The average molecular weight is 163 g/mol. The third kappa shape index (κ3) is 0.812. The van der Waals surface area contributed by atoms with Crippen LogP contribution in [0.1, 0.15) is 0 Å². The fourth-order valence-corrected chi connectivity index (χ4v) is 1.17. The van der Waals surface area contributed by atoms with Crippen LogP contribution < -0.4 is 10.5 Å². The van der Waals surface area contributed by atoms with E-state index in [0.717, 1.165) is 5.52 Å². The number of pyridine rings is 1. The van der Waals surface area contributed by atoms with Crippen molar-refractivity contribution < 1.29 is 4.74 Å². The zero-order chi connectivity index (χ0) is 8.55. The lowest BCUT2D eigenvalue weighted by atomic mass is 10.4. The molecule has 2 N–H and O–H groups in total. The fourth-order valence-electron chi connectivity index (χ4n) is 1.17. The Kier molecular flexibility index (Phi) is 1.40. The van der Waals surface area contributed by atoms with Crippen LogP contribution in [0.25, 0.3) is 5.52 Å². The smallest absolute Gasteiger partial charge is 0.159 e. The molecular formula is C8H9N3O. The van der Waals surface area contributed by atoms with Gasteiger partial charge in [0.05, 0.1) is 18.8 Å². The minimum atomic E-state index is 0.576. The third-order valence-electron chi connectivity index (χ3n) is 1.80. The molecule has 0 spiro atoms. The number of imidazole rings is 1. The summed E-state index contributed by atoms with van der Waals surface area (Å²) in [5, 5.41) is 0. The summed E-state index contributed by atoms with van der Waals surface area (Å²) in [6.07, 6.45) is 3.41. The van der Waals surface area contributed by atoms with Crippen molar-refractivity contribution in [1.82, 2.24) is 9.38 Å². The van der Waals surface area contributed by atoms with Crippen molar-refractivity contribution in [3.63, 3.8) is 0 Å². The zero-order valence-corrected chi connectivity index (χ0v) is 6.69. The molecule has 0 aliphatic rings. The van der Waals surface area contributed by atoms with Gasteiger partial charge in [-0.15, -0.1) is 0 Å². The van der Waals surface area contributed by atoms with E-state index in [9.17, 15) is 0 Å². The SMILES string of the molecule is COc1ccc2cncn2c1N. The van der Waals surface area contributed by atoms with E-state index in [1.807, 2.05) is 12.1 Å². The topological polar surface area (TPSA) is 52.5 Å². The molecule has 0 saturated heterocycles. The molecule has 0 unspecified atom stereocenters. The molecule has 0 aliphatic heterocycles. The van der Waals surface area contributed by atoms with Gasteiger partial charge >= 0.3 is 0 Å². The number of methoxy groups -OCH3 is 1. The summed E-state index contributed by atoms with van der Waals surface area (Å²) < 4.78 is 6.83. The lowest BCUT2D eigenvalue weighted by Gasteiger charge is -2.05. The molecule has 2 rings (SSSR count). The predicted octanol–water partition coefficient (Wildman–Crippen LogP) is 0.925. The van der Waals surface area contributed by atoms with Crippen LogP contribution in [0, 0.1) is 0 Å². The van der Waals surface area contributed by atoms with E-state index in [4.69, 9.17) is 10.5 Å². The predicted molar refractivity (Wildman–Crippen MR) is 46.2 cm³/mol. The molecule has 0 atom stereocenters. The first-order chi connectivity index (χ1) is 5.83. The van der Waals surface area contributed by atoms with E-state index in [-0.39, 0.29) is 0 Å². The fraction of sp³-hybridized carbons (Fsp3) is 0.125. The summed E-state index contributed by atoms with van der Waals surface area (Å²) >= 11 is 0. The highest BCUT2D eigenvalue weighted by Gasteiger charge is 2.02. The molecule has 2 aromatic heterocycles. The van der Waals surface area contributed by atoms with E-state index < -0.39 is 0 Å². The Labute approximate surface area is 69.6 Å². The number of hydrogen-bond acceptors (Lipinski definition) is 3. The molecule has 0 fully saturated rings. The van der Waals surface area contributed by atoms with Crippen LogP contribution in [-0.2, 0) is 0 Å². The van der Waals surface area contributed by atoms with Gasteiger partial charge in [0.25, 0.3) is 0 Å². The Hall–Kier alpha value is -1.71. The summed E-state index contributed by atoms with van der Waals surface area (Å²) in [5.41, 5.74) is 6.74. The van der Waals surface area contributed by atoms with Gasteiger partial charge in [0.1, 0.15) is 6.33 Å². The van der Waals surface area contributed by atoms with Crippen LogP contribution in [0.5, 0.6) is 5.75 Å². The number of rotatable bonds is 1. The van der Waals surface area contributed by atoms with Crippen molar-refractivity contribution in [2.75, 3.05) is 12.8 Å². The van der Waals surface area contributed by atoms with Crippen LogP contribution in [-0.4, -0.2) is 16.5 Å².